The highest BCUT2D eigenvalue weighted by Gasteiger charge is 2.28. The molecule has 0 N–H and O–H groups in total. The van der Waals surface area contributed by atoms with Gasteiger partial charge in [-0.1, -0.05) is 12.1 Å². The molecular formula is C26H35FN6O3. The number of amides is 1. The van der Waals surface area contributed by atoms with Crippen molar-refractivity contribution in [2.24, 2.45) is 0 Å². The van der Waals surface area contributed by atoms with E-state index in [0.717, 1.165) is 51.0 Å². The maximum atomic E-state index is 13.9. The number of piperazine rings is 2. The van der Waals surface area contributed by atoms with Crippen molar-refractivity contribution in [1.82, 2.24) is 20.0 Å². The Morgan fingerprint density at radius 2 is 1.64 bits per heavy atom. The summed E-state index contributed by atoms with van der Waals surface area (Å²) in [5, 5.41) is 8.98. The monoisotopic (exact) mass is 498 g/mol. The lowest BCUT2D eigenvalue weighted by Crippen LogP contribution is -2.52. The van der Waals surface area contributed by atoms with E-state index in [1.54, 1.807) is 24.0 Å². The van der Waals surface area contributed by atoms with Crippen LogP contribution in [0.4, 0.5) is 16.0 Å². The number of para-hydroxylation sites is 1. The number of carbonyl (C=O) groups excluding carboxylic acids is 1. The lowest BCUT2D eigenvalue weighted by Gasteiger charge is -2.37. The summed E-state index contributed by atoms with van der Waals surface area (Å²) in [6, 6.07) is 10.2. The predicted molar refractivity (Wildman–Crippen MR) is 135 cm³/mol. The number of aromatic nitrogens is 2. The number of ether oxygens (including phenoxy) is 2. The molecule has 10 heteroatoms. The van der Waals surface area contributed by atoms with Crippen LogP contribution in [0.2, 0.25) is 0 Å². The van der Waals surface area contributed by atoms with E-state index in [0.29, 0.717) is 32.3 Å². The summed E-state index contributed by atoms with van der Waals surface area (Å²) in [5.41, 5.74) is 0. The van der Waals surface area contributed by atoms with Crippen molar-refractivity contribution < 1.29 is 18.7 Å². The third kappa shape index (κ3) is 5.87. The van der Waals surface area contributed by atoms with Gasteiger partial charge in [0.15, 0.2) is 29.3 Å². The third-order valence-corrected chi connectivity index (χ3v) is 7.22. The molecule has 3 aliphatic rings. The Bertz CT molecular complexity index is 1000. The first-order valence-electron chi connectivity index (χ1n) is 12.9. The molecule has 4 heterocycles. The smallest absolute Gasteiger partial charge is 0.263 e. The largest absolute Gasteiger partial charge is 0.478 e. The Kier molecular flexibility index (Phi) is 7.81. The van der Waals surface area contributed by atoms with Gasteiger partial charge in [-0.2, -0.15) is 0 Å². The number of halogens is 1. The minimum absolute atomic E-state index is 0.0941. The Morgan fingerprint density at radius 3 is 2.22 bits per heavy atom. The number of hydrogen-bond donors (Lipinski definition) is 0. The highest BCUT2D eigenvalue weighted by molar-refractivity contribution is 5.81. The van der Waals surface area contributed by atoms with E-state index in [1.807, 2.05) is 12.1 Å². The quantitative estimate of drug-likeness (QED) is 0.574. The molecule has 194 valence electrons. The van der Waals surface area contributed by atoms with E-state index in [1.165, 1.54) is 25.0 Å². The van der Waals surface area contributed by atoms with E-state index in [-0.39, 0.29) is 11.7 Å². The molecule has 2 atom stereocenters. The fraction of sp³-hybridized carbons (Fsp3) is 0.577. The van der Waals surface area contributed by atoms with E-state index in [2.05, 4.69) is 24.9 Å². The van der Waals surface area contributed by atoms with Crippen molar-refractivity contribution in [2.75, 3.05) is 75.3 Å². The Morgan fingerprint density at radius 1 is 1.00 bits per heavy atom. The summed E-state index contributed by atoms with van der Waals surface area (Å²) in [4.78, 5) is 21.5. The van der Waals surface area contributed by atoms with Crippen LogP contribution in [0.15, 0.2) is 36.4 Å². The zero-order valence-corrected chi connectivity index (χ0v) is 20.9. The molecule has 36 heavy (non-hydrogen) atoms. The number of benzene rings is 1. The van der Waals surface area contributed by atoms with Gasteiger partial charge >= 0.3 is 0 Å². The van der Waals surface area contributed by atoms with E-state index in [9.17, 15) is 9.18 Å². The second-order valence-electron chi connectivity index (χ2n) is 9.68. The standard InChI is InChI=1S/C26H35FN6O3/c1-20(36-23-7-3-2-6-22(23)27)26(34)33-16-14-32(15-17-33)25-9-8-24(28-29-25)31-12-10-30(11-13-31)19-21-5-4-18-35-21/h2-3,6-9,20-21H,4-5,10-19H2,1H3. The molecule has 0 saturated carbocycles. The van der Waals surface area contributed by atoms with Crippen molar-refractivity contribution in [2.45, 2.75) is 32.0 Å². The van der Waals surface area contributed by atoms with E-state index in [4.69, 9.17) is 9.47 Å². The van der Waals surface area contributed by atoms with Gasteiger partial charge in [0.1, 0.15) is 0 Å². The van der Waals surface area contributed by atoms with Crippen LogP contribution in [-0.2, 0) is 9.53 Å². The lowest BCUT2D eigenvalue weighted by molar-refractivity contribution is -0.138. The molecule has 2 unspecified atom stereocenters. The minimum atomic E-state index is -0.751. The SMILES string of the molecule is CC(Oc1ccccc1F)C(=O)N1CCN(c2ccc(N3CCN(CC4CCCO4)CC3)nn2)CC1. The van der Waals surface area contributed by atoms with Gasteiger partial charge in [0.25, 0.3) is 5.91 Å². The first-order chi connectivity index (χ1) is 17.6. The van der Waals surface area contributed by atoms with Crippen LogP contribution in [-0.4, -0.2) is 104 Å². The summed E-state index contributed by atoms with van der Waals surface area (Å²) < 4.78 is 25.2. The van der Waals surface area contributed by atoms with Crippen LogP contribution in [0, 0.1) is 5.82 Å². The molecule has 5 rings (SSSR count). The second kappa shape index (κ2) is 11.4. The zero-order chi connectivity index (χ0) is 24.9. The molecule has 3 fully saturated rings. The summed E-state index contributed by atoms with van der Waals surface area (Å²) in [6.07, 6.45) is 2.00. The molecule has 3 saturated heterocycles. The average molecular weight is 499 g/mol. The van der Waals surface area contributed by atoms with Gasteiger partial charge in [0, 0.05) is 65.5 Å². The Balaban J connectivity index is 1.08. The van der Waals surface area contributed by atoms with Gasteiger partial charge in [0.05, 0.1) is 6.10 Å². The minimum Gasteiger partial charge on any atom is -0.478 e. The maximum Gasteiger partial charge on any atom is 0.263 e. The van der Waals surface area contributed by atoms with Gasteiger partial charge in [-0.15, -0.1) is 10.2 Å². The Labute approximate surface area is 211 Å². The van der Waals surface area contributed by atoms with Crippen LogP contribution in [0.1, 0.15) is 19.8 Å². The van der Waals surface area contributed by atoms with Crippen molar-refractivity contribution in [1.29, 1.82) is 0 Å². The zero-order valence-electron chi connectivity index (χ0n) is 20.9. The molecule has 1 aromatic heterocycles. The maximum absolute atomic E-state index is 13.9. The van der Waals surface area contributed by atoms with Crippen LogP contribution in [0.3, 0.4) is 0 Å². The number of nitrogens with zero attached hydrogens (tertiary/aromatic N) is 6. The van der Waals surface area contributed by atoms with Crippen molar-refractivity contribution >= 4 is 17.5 Å². The number of hydrogen-bond acceptors (Lipinski definition) is 8. The van der Waals surface area contributed by atoms with Gasteiger partial charge in [-0.05, 0) is 44.0 Å². The van der Waals surface area contributed by atoms with Crippen LogP contribution >= 0.6 is 0 Å². The molecule has 0 aliphatic carbocycles. The summed E-state index contributed by atoms with van der Waals surface area (Å²) in [6.45, 7) is 9.93. The highest BCUT2D eigenvalue weighted by Crippen LogP contribution is 2.21. The number of anilines is 2. The molecule has 1 amide bonds. The molecule has 3 aliphatic heterocycles. The van der Waals surface area contributed by atoms with E-state index >= 15 is 0 Å². The molecule has 0 radical (unpaired) electrons. The third-order valence-electron chi connectivity index (χ3n) is 7.22. The van der Waals surface area contributed by atoms with Crippen LogP contribution in [0.25, 0.3) is 0 Å². The van der Waals surface area contributed by atoms with Gasteiger partial charge in [-0.25, -0.2) is 4.39 Å². The van der Waals surface area contributed by atoms with Crippen molar-refractivity contribution in [3.63, 3.8) is 0 Å². The topological polar surface area (TPSA) is 74.3 Å². The second-order valence-corrected chi connectivity index (χ2v) is 9.68. The normalized spacial score (nSPS) is 22.1. The van der Waals surface area contributed by atoms with Crippen LogP contribution in [0.5, 0.6) is 5.75 Å². The molecule has 2 aromatic rings. The lowest BCUT2D eigenvalue weighted by atomic mass is 10.2. The fourth-order valence-corrected chi connectivity index (χ4v) is 5.09. The molecular weight excluding hydrogens is 463 g/mol. The number of carbonyl (C=O) groups is 1. The predicted octanol–water partition coefficient (Wildman–Crippen LogP) is 2.03. The molecule has 1 aromatic carbocycles. The van der Waals surface area contributed by atoms with E-state index < -0.39 is 11.9 Å². The number of rotatable bonds is 7. The molecule has 0 bridgehead atoms. The fourth-order valence-electron chi connectivity index (χ4n) is 5.09. The molecule has 9 nitrogen and oxygen atoms in total. The summed E-state index contributed by atoms with van der Waals surface area (Å²) in [7, 11) is 0. The first kappa shape index (κ1) is 24.7. The van der Waals surface area contributed by atoms with Crippen molar-refractivity contribution in [3.8, 4) is 5.75 Å². The first-order valence-corrected chi connectivity index (χ1v) is 12.9. The van der Waals surface area contributed by atoms with Gasteiger partial charge < -0.3 is 24.2 Å². The van der Waals surface area contributed by atoms with Crippen molar-refractivity contribution in [3.05, 3.63) is 42.2 Å². The summed E-state index contributed by atoms with van der Waals surface area (Å²) in [5.74, 6) is 1.21. The highest BCUT2D eigenvalue weighted by atomic mass is 19.1. The average Bonchev–Trinajstić information content (AvgIpc) is 3.43. The van der Waals surface area contributed by atoms with Gasteiger partial charge in [0.2, 0.25) is 0 Å². The summed E-state index contributed by atoms with van der Waals surface area (Å²) >= 11 is 0. The molecule has 0 spiro atoms. The van der Waals surface area contributed by atoms with Crippen LogP contribution < -0.4 is 14.5 Å². The van der Waals surface area contributed by atoms with Gasteiger partial charge in [-0.3, -0.25) is 9.69 Å². The Hall–Kier alpha value is -2.98.